The van der Waals surface area contributed by atoms with Gasteiger partial charge in [-0.25, -0.2) is 0 Å². The molecule has 0 radical (unpaired) electrons. The van der Waals surface area contributed by atoms with Crippen molar-refractivity contribution in [1.29, 1.82) is 0 Å². The topological polar surface area (TPSA) is 21.3 Å². The molecule has 0 amide bonds. The van der Waals surface area contributed by atoms with Crippen molar-refractivity contribution in [3.63, 3.8) is 0 Å². The fraction of sp³-hybridized carbons (Fsp3) is 0.625. The Bertz CT molecular complexity index is 388. The van der Waals surface area contributed by atoms with Crippen molar-refractivity contribution in [2.75, 3.05) is 12.3 Å². The highest BCUT2D eigenvalue weighted by molar-refractivity contribution is 7.99. The molecule has 3 heteroatoms. The highest BCUT2D eigenvalue weighted by Crippen LogP contribution is 2.32. The van der Waals surface area contributed by atoms with Crippen molar-refractivity contribution in [2.45, 2.75) is 56.8 Å². The summed E-state index contributed by atoms with van der Waals surface area (Å²) in [7, 11) is 0. The number of benzene rings is 1. The number of nitrogens with one attached hydrogen (secondary N) is 1. The fourth-order valence-electron chi connectivity index (χ4n) is 2.36. The first-order chi connectivity index (χ1) is 9.09. The van der Waals surface area contributed by atoms with Gasteiger partial charge in [0, 0.05) is 17.2 Å². The van der Waals surface area contributed by atoms with E-state index in [0.29, 0.717) is 6.10 Å². The SMILES string of the molecule is CCNCc1ccc(SCC2CCC(C)(C)O2)cc1. The van der Waals surface area contributed by atoms with Gasteiger partial charge < -0.3 is 10.1 Å². The zero-order valence-electron chi connectivity index (χ0n) is 12.2. The summed E-state index contributed by atoms with van der Waals surface area (Å²) in [5.41, 5.74) is 1.44. The zero-order valence-corrected chi connectivity index (χ0v) is 13.1. The maximum atomic E-state index is 6.02. The van der Waals surface area contributed by atoms with Crippen molar-refractivity contribution in [2.24, 2.45) is 0 Å². The van der Waals surface area contributed by atoms with Crippen LogP contribution in [0.5, 0.6) is 0 Å². The lowest BCUT2D eigenvalue weighted by Gasteiger charge is -2.19. The Balaban J connectivity index is 1.77. The molecule has 1 saturated heterocycles. The monoisotopic (exact) mass is 279 g/mol. The van der Waals surface area contributed by atoms with Crippen LogP contribution in [-0.4, -0.2) is 24.0 Å². The van der Waals surface area contributed by atoms with Crippen molar-refractivity contribution < 1.29 is 4.74 Å². The normalized spacial score (nSPS) is 21.7. The van der Waals surface area contributed by atoms with Gasteiger partial charge in [0.1, 0.15) is 0 Å². The largest absolute Gasteiger partial charge is 0.371 e. The van der Waals surface area contributed by atoms with Gasteiger partial charge in [-0.3, -0.25) is 0 Å². The average molecular weight is 279 g/mol. The lowest BCUT2D eigenvalue weighted by Crippen LogP contribution is -2.21. The molecule has 106 valence electrons. The molecule has 2 rings (SSSR count). The Morgan fingerprint density at radius 2 is 2.05 bits per heavy atom. The second-order valence-electron chi connectivity index (χ2n) is 5.77. The van der Waals surface area contributed by atoms with Gasteiger partial charge in [-0.2, -0.15) is 0 Å². The fourth-order valence-corrected chi connectivity index (χ4v) is 3.30. The van der Waals surface area contributed by atoms with E-state index < -0.39 is 0 Å². The second kappa shape index (κ2) is 6.78. The van der Waals surface area contributed by atoms with E-state index in [1.54, 1.807) is 0 Å². The minimum atomic E-state index is 0.0842. The van der Waals surface area contributed by atoms with Gasteiger partial charge in [0.2, 0.25) is 0 Å². The summed E-state index contributed by atoms with van der Waals surface area (Å²) >= 11 is 1.91. The Morgan fingerprint density at radius 1 is 1.32 bits per heavy atom. The summed E-state index contributed by atoms with van der Waals surface area (Å²) in [4.78, 5) is 1.34. The smallest absolute Gasteiger partial charge is 0.0677 e. The van der Waals surface area contributed by atoms with Gasteiger partial charge in [0.15, 0.2) is 0 Å². The van der Waals surface area contributed by atoms with Crippen molar-refractivity contribution in [3.05, 3.63) is 29.8 Å². The predicted molar refractivity (Wildman–Crippen MR) is 82.7 cm³/mol. The van der Waals surface area contributed by atoms with Gasteiger partial charge in [-0.15, -0.1) is 11.8 Å². The lowest BCUT2D eigenvalue weighted by atomic mass is 10.1. The van der Waals surface area contributed by atoms with E-state index >= 15 is 0 Å². The summed E-state index contributed by atoms with van der Waals surface area (Å²) in [5, 5.41) is 3.34. The minimum absolute atomic E-state index is 0.0842. The molecule has 1 aliphatic rings. The molecule has 1 fully saturated rings. The third-order valence-corrected chi connectivity index (χ3v) is 4.64. The van der Waals surface area contributed by atoms with E-state index in [1.165, 1.54) is 23.3 Å². The average Bonchev–Trinajstić information content (AvgIpc) is 2.75. The van der Waals surface area contributed by atoms with E-state index in [1.807, 2.05) is 11.8 Å². The molecule has 1 aromatic carbocycles. The van der Waals surface area contributed by atoms with Crippen molar-refractivity contribution in [3.8, 4) is 0 Å². The minimum Gasteiger partial charge on any atom is -0.371 e. The molecule has 1 aliphatic heterocycles. The van der Waals surface area contributed by atoms with E-state index in [9.17, 15) is 0 Å². The summed E-state index contributed by atoms with van der Waals surface area (Å²) in [6.07, 6.45) is 2.79. The van der Waals surface area contributed by atoms with Gasteiger partial charge in [-0.1, -0.05) is 19.1 Å². The number of hydrogen-bond acceptors (Lipinski definition) is 3. The molecule has 0 aromatic heterocycles. The van der Waals surface area contributed by atoms with Crippen LogP contribution in [0.15, 0.2) is 29.2 Å². The van der Waals surface area contributed by atoms with Gasteiger partial charge in [0.05, 0.1) is 11.7 Å². The van der Waals surface area contributed by atoms with Crippen LogP contribution in [0.1, 0.15) is 39.2 Å². The van der Waals surface area contributed by atoms with Crippen LogP contribution in [0.4, 0.5) is 0 Å². The summed E-state index contributed by atoms with van der Waals surface area (Å²) in [6, 6.07) is 8.86. The number of hydrogen-bond donors (Lipinski definition) is 1. The van der Waals surface area contributed by atoms with Crippen LogP contribution in [0, 0.1) is 0 Å². The van der Waals surface area contributed by atoms with Crippen LogP contribution in [0.3, 0.4) is 0 Å². The molecule has 0 spiro atoms. The van der Waals surface area contributed by atoms with Gasteiger partial charge >= 0.3 is 0 Å². The van der Waals surface area contributed by atoms with E-state index in [4.69, 9.17) is 4.74 Å². The van der Waals surface area contributed by atoms with Crippen molar-refractivity contribution >= 4 is 11.8 Å². The Hall–Kier alpha value is -0.510. The zero-order chi connectivity index (χ0) is 13.7. The molecular formula is C16H25NOS. The lowest BCUT2D eigenvalue weighted by molar-refractivity contribution is -0.00466. The quantitative estimate of drug-likeness (QED) is 0.799. The third-order valence-electron chi connectivity index (χ3n) is 3.49. The second-order valence-corrected chi connectivity index (χ2v) is 6.87. The predicted octanol–water partition coefficient (Wildman–Crippen LogP) is 3.85. The molecule has 19 heavy (non-hydrogen) atoms. The summed E-state index contributed by atoms with van der Waals surface area (Å²) in [5.74, 6) is 1.07. The molecule has 0 saturated carbocycles. The van der Waals surface area contributed by atoms with Crippen LogP contribution >= 0.6 is 11.8 Å². The maximum Gasteiger partial charge on any atom is 0.0677 e. The Labute approximate surface area is 121 Å². The molecule has 2 nitrogen and oxygen atoms in total. The van der Waals surface area contributed by atoms with Crippen molar-refractivity contribution in [1.82, 2.24) is 5.32 Å². The van der Waals surface area contributed by atoms with Crippen LogP contribution in [0.25, 0.3) is 0 Å². The molecule has 1 atom stereocenters. The highest BCUT2D eigenvalue weighted by atomic mass is 32.2. The first-order valence-electron chi connectivity index (χ1n) is 7.19. The number of ether oxygens (including phenoxy) is 1. The standard InChI is InChI=1S/C16H25NOS/c1-4-17-11-13-5-7-15(8-6-13)19-12-14-9-10-16(2,3)18-14/h5-8,14,17H,4,9-12H2,1-3H3. The van der Waals surface area contributed by atoms with E-state index in [0.717, 1.165) is 18.8 Å². The molecule has 0 bridgehead atoms. The highest BCUT2D eigenvalue weighted by Gasteiger charge is 2.31. The molecule has 1 unspecified atom stereocenters. The third kappa shape index (κ3) is 4.83. The maximum absolute atomic E-state index is 6.02. The Kier molecular flexibility index (Phi) is 5.31. The summed E-state index contributed by atoms with van der Waals surface area (Å²) in [6.45, 7) is 8.49. The molecule has 1 aromatic rings. The molecule has 0 aliphatic carbocycles. The summed E-state index contributed by atoms with van der Waals surface area (Å²) < 4.78 is 6.02. The van der Waals surface area contributed by atoms with Gasteiger partial charge in [0.25, 0.3) is 0 Å². The first-order valence-corrected chi connectivity index (χ1v) is 8.18. The van der Waals surface area contributed by atoms with Gasteiger partial charge in [-0.05, 0) is 50.9 Å². The van der Waals surface area contributed by atoms with E-state index in [-0.39, 0.29) is 5.60 Å². The number of rotatable bonds is 6. The van der Waals surface area contributed by atoms with E-state index in [2.05, 4.69) is 50.4 Å². The molecule has 1 N–H and O–H groups in total. The number of thioether (sulfide) groups is 1. The van der Waals surface area contributed by atoms with Crippen LogP contribution < -0.4 is 5.32 Å². The molecule has 1 heterocycles. The Morgan fingerprint density at radius 3 is 2.63 bits per heavy atom. The van der Waals surface area contributed by atoms with Crippen LogP contribution in [0.2, 0.25) is 0 Å². The first kappa shape index (κ1) is 14.9. The molecular weight excluding hydrogens is 254 g/mol. The van der Waals surface area contributed by atoms with Crippen LogP contribution in [-0.2, 0) is 11.3 Å².